The molecule has 1 amide bonds. The molecule has 0 N–H and O–H groups in total. The number of hydrogen-bond donors (Lipinski definition) is 0. The normalized spacial score (nSPS) is 19.7. The number of rotatable bonds is 2. The van der Waals surface area contributed by atoms with Crippen molar-refractivity contribution in [1.29, 1.82) is 0 Å². The van der Waals surface area contributed by atoms with Gasteiger partial charge in [-0.15, -0.1) is 0 Å². The molecule has 104 valence electrons. The Labute approximate surface area is 125 Å². The molecule has 0 radical (unpaired) electrons. The van der Waals surface area contributed by atoms with Crippen molar-refractivity contribution in [3.05, 3.63) is 28.2 Å². The van der Waals surface area contributed by atoms with Crippen LogP contribution in [-0.4, -0.2) is 32.3 Å². The SMILES string of the molecule is CC1CCN(C(=O)c2ccc(Br)c(S(=O)(=O)Cl)c2)C1. The summed E-state index contributed by atoms with van der Waals surface area (Å²) in [6, 6.07) is 4.45. The van der Waals surface area contributed by atoms with Gasteiger partial charge in [0.05, 0.1) is 4.90 Å². The van der Waals surface area contributed by atoms with Crippen LogP contribution < -0.4 is 0 Å². The Morgan fingerprint density at radius 2 is 2.16 bits per heavy atom. The van der Waals surface area contributed by atoms with Gasteiger partial charge in [-0.1, -0.05) is 6.92 Å². The molecule has 1 aliphatic rings. The second-order valence-corrected chi connectivity index (χ2v) is 8.12. The highest BCUT2D eigenvalue weighted by Crippen LogP contribution is 2.27. The molecule has 4 nitrogen and oxygen atoms in total. The molecule has 1 unspecified atom stereocenters. The van der Waals surface area contributed by atoms with Crippen LogP contribution >= 0.6 is 26.6 Å². The fourth-order valence-electron chi connectivity index (χ4n) is 2.13. The minimum atomic E-state index is -3.87. The van der Waals surface area contributed by atoms with Crippen molar-refractivity contribution in [2.75, 3.05) is 13.1 Å². The van der Waals surface area contributed by atoms with Crippen molar-refractivity contribution >= 4 is 41.6 Å². The van der Waals surface area contributed by atoms with Gasteiger partial charge in [-0.3, -0.25) is 4.79 Å². The Bertz CT molecular complexity index is 617. The van der Waals surface area contributed by atoms with Crippen molar-refractivity contribution in [2.45, 2.75) is 18.2 Å². The molecule has 1 aromatic carbocycles. The third-order valence-electron chi connectivity index (χ3n) is 3.15. The van der Waals surface area contributed by atoms with Gasteiger partial charge in [-0.25, -0.2) is 8.42 Å². The molecule has 7 heteroatoms. The molecule has 1 saturated heterocycles. The van der Waals surface area contributed by atoms with E-state index >= 15 is 0 Å². The molecule has 1 aromatic rings. The van der Waals surface area contributed by atoms with Gasteiger partial charge >= 0.3 is 0 Å². The Hall–Kier alpha value is -0.590. The highest BCUT2D eigenvalue weighted by Gasteiger charge is 2.25. The van der Waals surface area contributed by atoms with E-state index in [2.05, 4.69) is 22.9 Å². The van der Waals surface area contributed by atoms with E-state index in [0.29, 0.717) is 29.0 Å². The summed E-state index contributed by atoms with van der Waals surface area (Å²) in [6.45, 7) is 3.50. The summed E-state index contributed by atoms with van der Waals surface area (Å²) in [5.74, 6) is 0.328. The second-order valence-electron chi connectivity index (χ2n) is 4.73. The minimum absolute atomic E-state index is 0.0766. The molecule has 19 heavy (non-hydrogen) atoms. The lowest BCUT2D eigenvalue weighted by Crippen LogP contribution is -2.28. The van der Waals surface area contributed by atoms with E-state index in [0.717, 1.165) is 6.42 Å². The molecule has 0 aliphatic carbocycles. The maximum absolute atomic E-state index is 12.3. The first-order chi connectivity index (χ1) is 8.79. The summed E-state index contributed by atoms with van der Waals surface area (Å²) in [4.78, 5) is 13.9. The average Bonchev–Trinajstić information content (AvgIpc) is 2.74. The maximum atomic E-state index is 12.3. The van der Waals surface area contributed by atoms with E-state index in [1.807, 2.05) is 0 Å². The fourth-order valence-corrected chi connectivity index (χ4v) is 4.24. The molecule has 0 aromatic heterocycles. The maximum Gasteiger partial charge on any atom is 0.262 e. The number of likely N-dealkylation sites (tertiary alicyclic amines) is 1. The topological polar surface area (TPSA) is 54.5 Å². The van der Waals surface area contributed by atoms with Gasteiger partial charge in [0.1, 0.15) is 0 Å². The van der Waals surface area contributed by atoms with Crippen molar-refractivity contribution in [1.82, 2.24) is 4.90 Å². The minimum Gasteiger partial charge on any atom is -0.338 e. The first-order valence-corrected chi connectivity index (χ1v) is 8.93. The summed E-state index contributed by atoms with van der Waals surface area (Å²) < 4.78 is 23.2. The lowest BCUT2D eigenvalue weighted by Gasteiger charge is -2.16. The molecule has 2 rings (SSSR count). The number of nitrogens with zero attached hydrogens (tertiary/aromatic N) is 1. The van der Waals surface area contributed by atoms with Crippen molar-refractivity contribution in [3.63, 3.8) is 0 Å². The number of hydrogen-bond acceptors (Lipinski definition) is 3. The Morgan fingerprint density at radius 3 is 2.68 bits per heavy atom. The summed E-state index contributed by atoms with van der Waals surface area (Å²) >= 11 is 3.12. The molecular formula is C12H13BrClNO3S. The molecule has 0 saturated carbocycles. The molecular weight excluding hydrogens is 354 g/mol. The van der Waals surface area contributed by atoms with Gasteiger partial charge < -0.3 is 4.90 Å². The predicted octanol–water partition coefficient (Wildman–Crippen LogP) is 2.86. The van der Waals surface area contributed by atoms with Gasteiger partial charge in [0.2, 0.25) is 0 Å². The third-order valence-corrected chi connectivity index (χ3v) is 5.47. The van der Waals surface area contributed by atoms with Crippen molar-refractivity contribution < 1.29 is 13.2 Å². The van der Waals surface area contributed by atoms with Crippen LogP contribution in [0.25, 0.3) is 0 Å². The Balaban J connectivity index is 2.34. The summed E-state index contributed by atoms with van der Waals surface area (Å²) in [6.07, 6.45) is 0.975. The smallest absolute Gasteiger partial charge is 0.262 e. The highest BCUT2D eigenvalue weighted by atomic mass is 79.9. The van der Waals surface area contributed by atoms with Gasteiger partial charge in [0, 0.05) is 33.8 Å². The number of amides is 1. The number of benzene rings is 1. The Morgan fingerprint density at radius 1 is 1.47 bits per heavy atom. The third kappa shape index (κ3) is 3.30. The van der Waals surface area contributed by atoms with E-state index in [9.17, 15) is 13.2 Å². The molecule has 1 heterocycles. The average molecular weight is 367 g/mol. The first kappa shape index (κ1) is 14.8. The van der Waals surface area contributed by atoms with Crippen LogP contribution in [0.5, 0.6) is 0 Å². The van der Waals surface area contributed by atoms with E-state index in [1.165, 1.54) is 12.1 Å². The zero-order valence-corrected chi connectivity index (χ0v) is 13.4. The zero-order valence-electron chi connectivity index (χ0n) is 10.3. The highest BCUT2D eigenvalue weighted by molar-refractivity contribution is 9.10. The van der Waals surface area contributed by atoms with Gasteiger partial charge in [0.25, 0.3) is 15.0 Å². The van der Waals surface area contributed by atoms with Crippen LogP contribution in [0.3, 0.4) is 0 Å². The van der Waals surface area contributed by atoms with Crippen LogP contribution in [0.2, 0.25) is 0 Å². The van der Waals surface area contributed by atoms with Crippen molar-refractivity contribution in [3.8, 4) is 0 Å². The van der Waals surface area contributed by atoms with Crippen molar-refractivity contribution in [2.24, 2.45) is 5.92 Å². The summed E-state index contributed by atoms with van der Waals surface area (Å²) in [5, 5.41) is 0. The molecule has 0 bridgehead atoms. The number of halogens is 2. The molecule has 1 atom stereocenters. The monoisotopic (exact) mass is 365 g/mol. The van der Waals surface area contributed by atoms with Crippen LogP contribution in [0, 0.1) is 5.92 Å². The Kier molecular flexibility index (Phi) is 4.23. The zero-order chi connectivity index (χ0) is 14.2. The lowest BCUT2D eigenvalue weighted by atomic mass is 10.2. The van der Waals surface area contributed by atoms with E-state index < -0.39 is 9.05 Å². The number of carbonyl (C=O) groups excluding carboxylic acids is 1. The lowest BCUT2D eigenvalue weighted by molar-refractivity contribution is 0.0788. The molecule has 1 fully saturated rings. The van der Waals surface area contributed by atoms with Crippen LogP contribution in [-0.2, 0) is 9.05 Å². The standard InChI is InChI=1S/C12H13BrClNO3S/c1-8-4-5-15(7-8)12(16)9-2-3-10(13)11(6-9)19(14,17)18/h2-3,6,8H,4-5,7H2,1H3. The van der Waals surface area contributed by atoms with Crippen LogP contribution in [0.1, 0.15) is 23.7 Å². The summed E-state index contributed by atoms with van der Waals surface area (Å²) in [5.41, 5.74) is 0.344. The predicted molar refractivity (Wildman–Crippen MR) is 76.9 cm³/mol. The number of carbonyl (C=O) groups is 1. The first-order valence-electron chi connectivity index (χ1n) is 5.82. The van der Waals surface area contributed by atoms with Gasteiger partial charge in [-0.05, 0) is 46.5 Å². The summed E-state index contributed by atoms with van der Waals surface area (Å²) in [7, 11) is 1.47. The largest absolute Gasteiger partial charge is 0.338 e. The molecule has 0 spiro atoms. The van der Waals surface area contributed by atoms with E-state index in [4.69, 9.17) is 10.7 Å². The quantitative estimate of drug-likeness (QED) is 0.756. The van der Waals surface area contributed by atoms with Gasteiger partial charge in [-0.2, -0.15) is 0 Å². The fraction of sp³-hybridized carbons (Fsp3) is 0.417. The van der Waals surface area contributed by atoms with Crippen LogP contribution in [0.4, 0.5) is 0 Å². The van der Waals surface area contributed by atoms with E-state index in [1.54, 1.807) is 11.0 Å². The second kappa shape index (κ2) is 5.42. The van der Waals surface area contributed by atoms with E-state index in [-0.39, 0.29) is 10.8 Å². The molecule has 1 aliphatic heterocycles. The van der Waals surface area contributed by atoms with Crippen LogP contribution in [0.15, 0.2) is 27.6 Å². The van der Waals surface area contributed by atoms with Gasteiger partial charge in [0.15, 0.2) is 0 Å².